The molecule has 3 N–H and O–H groups in total. The van der Waals surface area contributed by atoms with Crippen molar-refractivity contribution in [2.24, 2.45) is 0 Å². The standard InChI is InChI=1S/C19H18N4O3/c1-11(2)23-10-13(8-9-14(23)24)16-15(12-6-4-3-5-7-12)22-18(20)17(21-16)19(25)26/h3-11H,1-2H3,(H2,20,22)(H,25,26). The van der Waals surface area contributed by atoms with Crippen molar-refractivity contribution in [3.63, 3.8) is 0 Å². The van der Waals surface area contributed by atoms with Gasteiger partial charge in [-0.3, -0.25) is 4.79 Å². The van der Waals surface area contributed by atoms with Gasteiger partial charge in [0.1, 0.15) is 0 Å². The van der Waals surface area contributed by atoms with Crippen molar-refractivity contribution in [2.45, 2.75) is 19.9 Å². The Morgan fingerprint density at radius 2 is 1.69 bits per heavy atom. The Bertz CT molecular complexity index is 1030. The first-order valence-electron chi connectivity index (χ1n) is 8.07. The number of rotatable bonds is 4. The van der Waals surface area contributed by atoms with Crippen molar-refractivity contribution in [1.82, 2.24) is 14.5 Å². The summed E-state index contributed by atoms with van der Waals surface area (Å²) in [6.45, 7) is 3.78. The van der Waals surface area contributed by atoms with Gasteiger partial charge in [0.2, 0.25) is 0 Å². The van der Waals surface area contributed by atoms with Crippen molar-refractivity contribution in [2.75, 3.05) is 5.73 Å². The third-order valence-corrected chi connectivity index (χ3v) is 3.94. The van der Waals surface area contributed by atoms with E-state index < -0.39 is 5.97 Å². The number of benzene rings is 1. The van der Waals surface area contributed by atoms with Gasteiger partial charge in [0, 0.05) is 29.4 Å². The predicted molar refractivity (Wildman–Crippen MR) is 98.9 cm³/mol. The summed E-state index contributed by atoms with van der Waals surface area (Å²) >= 11 is 0. The highest BCUT2D eigenvalue weighted by Crippen LogP contribution is 2.30. The maximum atomic E-state index is 12.0. The number of carboxylic acids is 1. The molecule has 0 aliphatic heterocycles. The van der Waals surface area contributed by atoms with E-state index in [4.69, 9.17) is 5.73 Å². The molecule has 26 heavy (non-hydrogen) atoms. The Labute approximate surface area is 149 Å². The molecule has 132 valence electrons. The number of nitrogen functional groups attached to an aromatic ring is 1. The SMILES string of the molecule is CC(C)n1cc(-c2nc(C(=O)O)c(N)nc2-c2ccccc2)ccc1=O. The zero-order valence-electron chi connectivity index (χ0n) is 14.4. The van der Waals surface area contributed by atoms with Crippen LogP contribution in [-0.2, 0) is 0 Å². The summed E-state index contributed by atoms with van der Waals surface area (Å²) < 4.78 is 1.56. The van der Waals surface area contributed by atoms with Crippen LogP contribution < -0.4 is 11.3 Å². The van der Waals surface area contributed by atoms with Crippen molar-refractivity contribution >= 4 is 11.8 Å². The lowest BCUT2D eigenvalue weighted by Crippen LogP contribution is -2.20. The van der Waals surface area contributed by atoms with E-state index in [0.29, 0.717) is 17.0 Å². The molecule has 0 amide bonds. The molecular weight excluding hydrogens is 332 g/mol. The van der Waals surface area contributed by atoms with Crippen LogP contribution in [0.4, 0.5) is 5.82 Å². The molecule has 0 atom stereocenters. The smallest absolute Gasteiger partial charge is 0.358 e. The van der Waals surface area contributed by atoms with E-state index in [2.05, 4.69) is 9.97 Å². The van der Waals surface area contributed by atoms with E-state index >= 15 is 0 Å². The second kappa shape index (κ2) is 6.79. The molecule has 2 heterocycles. The average Bonchev–Trinajstić information content (AvgIpc) is 2.62. The minimum absolute atomic E-state index is 0.0525. The molecule has 0 fully saturated rings. The van der Waals surface area contributed by atoms with Crippen LogP contribution in [0.25, 0.3) is 22.5 Å². The molecule has 1 aromatic carbocycles. The van der Waals surface area contributed by atoms with Crippen LogP contribution in [0.15, 0.2) is 53.5 Å². The highest BCUT2D eigenvalue weighted by molar-refractivity contribution is 5.92. The van der Waals surface area contributed by atoms with Gasteiger partial charge in [-0.05, 0) is 19.9 Å². The van der Waals surface area contributed by atoms with Crippen molar-refractivity contribution in [3.8, 4) is 22.5 Å². The molecule has 3 aromatic rings. The number of nitrogens with two attached hydrogens (primary N) is 1. The highest BCUT2D eigenvalue weighted by atomic mass is 16.4. The van der Waals surface area contributed by atoms with Crippen LogP contribution in [0, 0.1) is 0 Å². The van der Waals surface area contributed by atoms with Crippen molar-refractivity contribution < 1.29 is 9.90 Å². The monoisotopic (exact) mass is 350 g/mol. The predicted octanol–water partition coefficient (Wildman–Crippen LogP) is 2.83. The number of anilines is 1. The number of aromatic nitrogens is 3. The zero-order chi connectivity index (χ0) is 18.8. The Balaban J connectivity index is 2.32. The van der Waals surface area contributed by atoms with Gasteiger partial charge in [-0.15, -0.1) is 0 Å². The quantitative estimate of drug-likeness (QED) is 0.748. The average molecular weight is 350 g/mol. The number of carboxylic acid groups (broad SMARTS) is 1. The second-order valence-electron chi connectivity index (χ2n) is 6.08. The zero-order valence-corrected chi connectivity index (χ0v) is 14.4. The van der Waals surface area contributed by atoms with Crippen molar-refractivity contribution in [1.29, 1.82) is 0 Å². The Morgan fingerprint density at radius 1 is 1.04 bits per heavy atom. The lowest BCUT2D eigenvalue weighted by molar-refractivity contribution is 0.0691. The van der Waals surface area contributed by atoms with Gasteiger partial charge in [0.05, 0.1) is 11.4 Å². The van der Waals surface area contributed by atoms with Gasteiger partial charge in [-0.1, -0.05) is 30.3 Å². The number of hydrogen-bond acceptors (Lipinski definition) is 5. The minimum Gasteiger partial charge on any atom is -0.476 e. The highest BCUT2D eigenvalue weighted by Gasteiger charge is 2.19. The van der Waals surface area contributed by atoms with E-state index in [1.807, 2.05) is 44.2 Å². The number of carbonyl (C=O) groups is 1. The first kappa shape index (κ1) is 17.3. The molecule has 7 heteroatoms. The van der Waals surface area contributed by atoms with E-state index in [1.54, 1.807) is 16.8 Å². The molecule has 3 rings (SSSR count). The molecule has 0 aliphatic rings. The lowest BCUT2D eigenvalue weighted by atomic mass is 10.0. The topological polar surface area (TPSA) is 111 Å². The third-order valence-electron chi connectivity index (χ3n) is 3.94. The molecule has 0 aliphatic carbocycles. The summed E-state index contributed by atoms with van der Waals surface area (Å²) in [5.41, 5.74) is 7.49. The van der Waals surface area contributed by atoms with E-state index in [0.717, 1.165) is 5.56 Å². The van der Waals surface area contributed by atoms with Crippen LogP contribution in [0.5, 0.6) is 0 Å². The van der Waals surface area contributed by atoms with Gasteiger partial charge in [0.25, 0.3) is 5.56 Å². The largest absolute Gasteiger partial charge is 0.476 e. The minimum atomic E-state index is -1.26. The summed E-state index contributed by atoms with van der Waals surface area (Å²) in [6.07, 6.45) is 1.66. The fourth-order valence-electron chi connectivity index (χ4n) is 2.65. The van der Waals surface area contributed by atoms with Gasteiger partial charge < -0.3 is 15.4 Å². The number of hydrogen-bond donors (Lipinski definition) is 2. The second-order valence-corrected chi connectivity index (χ2v) is 6.08. The molecule has 2 aromatic heterocycles. The summed E-state index contributed by atoms with van der Waals surface area (Å²) in [5, 5.41) is 9.35. The maximum absolute atomic E-state index is 12.0. The summed E-state index contributed by atoms with van der Waals surface area (Å²) in [6, 6.07) is 12.2. The van der Waals surface area contributed by atoms with Gasteiger partial charge >= 0.3 is 5.97 Å². The molecule has 0 radical (unpaired) electrons. The molecule has 7 nitrogen and oxygen atoms in total. The van der Waals surface area contributed by atoms with Gasteiger partial charge in [0.15, 0.2) is 11.5 Å². The van der Waals surface area contributed by atoms with Gasteiger partial charge in [-0.25, -0.2) is 14.8 Å². The van der Waals surface area contributed by atoms with Crippen LogP contribution in [-0.4, -0.2) is 25.6 Å². The molecule has 0 unspecified atom stereocenters. The fraction of sp³-hybridized carbons (Fsp3) is 0.158. The molecule has 0 saturated heterocycles. The fourth-order valence-corrected chi connectivity index (χ4v) is 2.65. The first-order chi connectivity index (χ1) is 12.4. The van der Waals surface area contributed by atoms with Gasteiger partial charge in [-0.2, -0.15) is 0 Å². The Hall–Kier alpha value is -3.48. The molecule has 0 bridgehead atoms. The van der Waals surface area contributed by atoms with E-state index in [1.165, 1.54) is 6.07 Å². The Morgan fingerprint density at radius 3 is 2.31 bits per heavy atom. The first-order valence-corrected chi connectivity index (χ1v) is 8.07. The van der Waals surface area contributed by atoms with Crippen molar-refractivity contribution in [3.05, 3.63) is 64.7 Å². The molecule has 0 saturated carbocycles. The van der Waals surface area contributed by atoms with E-state index in [-0.39, 0.29) is 23.1 Å². The summed E-state index contributed by atoms with van der Waals surface area (Å²) in [5.74, 6) is -1.41. The van der Waals surface area contributed by atoms with Crippen LogP contribution in [0.3, 0.4) is 0 Å². The number of aromatic carboxylic acids is 1. The lowest BCUT2D eigenvalue weighted by Gasteiger charge is -2.14. The maximum Gasteiger partial charge on any atom is 0.358 e. The summed E-state index contributed by atoms with van der Waals surface area (Å²) in [7, 11) is 0. The van der Waals surface area contributed by atoms with Crippen LogP contribution in [0.2, 0.25) is 0 Å². The number of nitrogens with zero attached hydrogens (tertiary/aromatic N) is 3. The summed E-state index contributed by atoms with van der Waals surface area (Å²) in [4.78, 5) is 32.0. The van der Waals surface area contributed by atoms with Crippen LogP contribution in [0.1, 0.15) is 30.4 Å². The normalized spacial score (nSPS) is 10.9. The molecule has 0 spiro atoms. The molecular formula is C19H18N4O3. The number of pyridine rings is 1. The Kier molecular flexibility index (Phi) is 4.53. The van der Waals surface area contributed by atoms with E-state index in [9.17, 15) is 14.7 Å². The third kappa shape index (κ3) is 3.19. The van der Waals surface area contributed by atoms with Crippen LogP contribution >= 0.6 is 0 Å².